The molecular weight excluding hydrogens is 312 g/mol. The quantitative estimate of drug-likeness (QED) is 0.676. The van der Waals surface area contributed by atoms with E-state index in [2.05, 4.69) is 0 Å². The van der Waals surface area contributed by atoms with Crippen molar-refractivity contribution in [2.75, 3.05) is 6.54 Å². The van der Waals surface area contributed by atoms with Gasteiger partial charge in [-0.3, -0.25) is 19.7 Å². The summed E-state index contributed by atoms with van der Waals surface area (Å²) in [6.45, 7) is 7.65. The summed E-state index contributed by atoms with van der Waals surface area (Å²) >= 11 is 0. The smallest absolute Gasteiger partial charge is 0.308 e. The number of carboxylic acids is 1. The largest absolute Gasteiger partial charge is 0.481 e. The predicted octanol–water partition coefficient (Wildman–Crippen LogP) is 2.83. The van der Waals surface area contributed by atoms with E-state index in [9.17, 15) is 19.7 Å². The number of carbonyl (C=O) groups excluding carboxylic acids is 1. The molecule has 0 aromatic heterocycles. The van der Waals surface area contributed by atoms with Crippen molar-refractivity contribution >= 4 is 17.6 Å². The highest BCUT2D eigenvalue weighted by atomic mass is 16.6. The van der Waals surface area contributed by atoms with Crippen LogP contribution < -0.4 is 0 Å². The van der Waals surface area contributed by atoms with E-state index in [4.69, 9.17) is 5.11 Å². The Morgan fingerprint density at radius 1 is 1.33 bits per heavy atom. The average Bonchev–Trinajstić information content (AvgIpc) is 2.86. The van der Waals surface area contributed by atoms with Gasteiger partial charge in [0.25, 0.3) is 11.6 Å². The molecule has 1 aliphatic heterocycles. The Kier molecular flexibility index (Phi) is 4.64. The molecule has 1 aromatic rings. The fourth-order valence-corrected chi connectivity index (χ4v) is 3.17. The first-order valence-electron chi connectivity index (χ1n) is 7.86. The summed E-state index contributed by atoms with van der Waals surface area (Å²) in [4.78, 5) is 36.2. The highest BCUT2D eigenvalue weighted by Gasteiger charge is 2.39. The van der Waals surface area contributed by atoms with Gasteiger partial charge in [-0.2, -0.15) is 0 Å². The number of rotatable bonds is 3. The molecule has 1 aliphatic rings. The van der Waals surface area contributed by atoms with Crippen LogP contribution in [0.15, 0.2) is 18.2 Å². The van der Waals surface area contributed by atoms with Crippen molar-refractivity contribution in [3.05, 3.63) is 39.4 Å². The van der Waals surface area contributed by atoms with Crippen molar-refractivity contribution in [1.82, 2.24) is 4.90 Å². The molecule has 7 nitrogen and oxygen atoms in total. The zero-order valence-corrected chi connectivity index (χ0v) is 14.3. The molecule has 2 unspecified atom stereocenters. The molecular formula is C17H22N2O5. The zero-order chi connectivity index (χ0) is 18.2. The normalized spacial score (nSPS) is 20.9. The Hall–Kier alpha value is -2.44. The van der Waals surface area contributed by atoms with E-state index in [0.717, 1.165) is 0 Å². The molecule has 0 radical (unpaired) electrons. The number of benzene rings is 1. The van der Waals surface area contributed by atoms with Crippen LogP contribution in [0.4, 0.5) is 5.69 Å². The topological polar surface area (TPSA) is 101 Å². The second-order valence-electron chi connectivity index (χ2n) is 7.21. The maximum Gasteiger partial charge on any atom is 0.308 e. The lowest BCUT2D eigenvalue weighted by atomic mass is 9.85. The van der Waals surface area contributed by atoms with E-state index in [0.29, 0.717) is 18.5 Å². The number of nitrogens with zero attached hydrogens (tertiary/aromatic N) is 2. The minimum Gasteiger partial charge on any atom is -0.481 e. The second-order valence-corrected chi connectivity index (χ2v) is 7.21. The number of carboxylic acid groups (broad SMARTS) is 1. The van der Waals surface area contributed by atoms with E-state index in [1.54, 1.807) is 19.1 Å². The predicted molar refractivity (Wildman–Crippen MR) is 88.0 cm³/mol. The molecule has 1 saturated heterocycles. The van der Waals surface area contributed by atoms with Gasteiger partial charge >= 0.3 is 5.97 Å². The Labute approximate surface area is 140 Å². The summed E-state index contributed by atoms with van der Waals surface area (Å²) in [6, 6.07) is 4.05. The van der Waals surface area contributed by atoms with Gasteiger partial charge in [0.05, 0.1) is 10.8 Å². The highest BCUT2D eigenvalue weighted by Crippen LogP contribution is 2.33. The first kappa shape index (κ1) is 17.9. The van der Waals surface area contributed by atoms with Crippen LogP contribution in [0.5, 0.6) is 0 Å². The van der Waals surface area contributed by atoms with Crippen LogP contribution in [0, 0.1) is 16.0 Å². The van der Waals surface area contributed by atoms with Crippen molar-refractivity contribution in [2.45, 2.75) is 45.6 Å². The maximum atomic E-state index is 12.7. The lowest BCUT2D eigenvalue weighted by molar-refractivity contribution is -0.386. The fraction of sp³-hybridized carbons (Fsp3) is 0.529. The molecule has 2 atom stereocenters. The SMILES string of the molecule is CC1C(C(=O)O)CCN1C(=O)c1ccc(C(C)(C)C)c([N+](=O)[O-])c1. The van der Waals surface area contributed by atoms with E-state index in [-0.39, 0.29) is 17.2 Å². The van der Waals surface area contributed by atoms with Crippen LogP contribution in [0.1, 0.15) is 50.0 Å². The minimum absolute atomic E-state index is 0.0880. The minimum atomic E-state index is -0.924. The molecule has 2 rings (SSSR count). The summed E-state index contributed by atoms with van der Waals surface area (Å²) < 4.78 is 0. The Morgan fingerprint density at radius 2 is 1.96 bits per heavy atom. The fourth-order valence-electron chi connectivity index (χ4n) is 3.17. The van der Waals surface area contributed by atoms with Crippen LogP contribution in [-0.2, 0) is 10.2 Å². The van der Waals surface area contributed by atoms with E-state index >= 15 is 0 Å². The molecule has 7 heteroatoms. The van der Waals surface area contributed by atoms with Crippen molar-refractivity contribution in [3.8, 4) is 0 Å². The van der Waals surface area contributed by atoms with Crippen molar-refractivity contribution < 1.29 is 19.6 Å². The van der Waals surface area contributed by atoms with Gasteiger partial charge in [-0.15, -0.1) is 0 Å². The standard InChI is InChI=1S/C17H22N2O5/c1-10-12(16(21)22)7-8-18(10)15(20)11-5-6-13(17(2,3)4)14(9-11)19(23)24/h5-6,9-10,12H,7-8H2,1-4H3,(H,21,22). The first-order valence-corrected chi connectivity index (χ1v) is 7.86. The van der Waals surface area contributed by atoms with Crippen molar-refractivity contribution in [3.63, 3.8) is 0 Å². The van der Waals surface area contributed by atoms with E-state index < -0.39 is 28.3 Å². The maximum absolute atomic E-state index is 12.7. The average molecular weight is 334 g/mol. The zero-order valence-electron chi connectivity index (χ0n) is 14.3. The highest BCUT2D eigenvalue weighted by molar-refractivity contribution is 5.96. The van der Waals surface area contributed by atoms with Gasteiger partial charge in [-0.05, 0) is 24.8 Å². The molecule has 0 bridgehead atoms. The molecule has 0 saturated carbocycles. The summed E-state index contributed by atoms with van der Waals surface area (Å²) in [5.41, 5.74) is 0.267. The van der Waals surface area contributed by atoms with Crippen molar-refractivity contribution in [1.29, 1.82) is 0 Å². The van der Waals surface area contributed by atoms with Gasteiger partial charge in [-0.1, -0.05) is 26.8 Å². The van der Waals surface area contributed by atoms with Crippen LogP contribution in [0.3, 0.4) is 0 Å². The van der Waals surface area contributed by atoms with Crippen molar-refractivity contribution in [2.24, 2.45) is 5.92 Å². The lowest BCUT2D eigenvalue weighted by Gasteiger charge is -2.24. The summed E-state index contributed by atoms with van der Waals surface area (Å²) in [5, 5.41) is 20.5. The number of carbonyl (C=O) groups is 2. The number of amides is 1. The Balaban J connectivity index is 2.36. The van der Waals surface area contributed by atoms with Crippen LogP contribution in [0.25, 0.3) is 0 Å². The number of hydrogen-bond donors (Lipinski definition) is 1. The number of aliphatic carboxylic acids is 1. The molecule has 0 spiro atoms. The third kappa shape index (κ3) is 3.25. The second kappa shape index (κ2) is 6.22. The number of nitro groups is 1. The molecule has 1 aromatic carbocycles. The molecule has 1 fully saturated rings. The molecule has 130 valence electrons. The summed E-state index contributed by atoms with van der Waals surface area (Å²) in [6.07, 6.45) is 0.393. The van der Waals surface area contributed by atoms with Crippen LogP contribution >= 0.6 is 0 Å². The number of nitro benzene ring substituents is 1. The molecule has 0 aliphatic carbocycles. The first-order chi connectivity index (χ1) is 11.0. The molecule has 1 heterocycles. The number of likely N-dealkylation sites (tertiary alicyclic amines) is 1. The van der Waals surface area contributed by atoms with Crippen LogP contribution in [-0.4, -0.2) is 39.4 Å². The number of hydrogen-bond acceptors (Lipinski definition) is 4. The van der Waals surface area contributed by atoms with Crippen LogP contribution in [0.2, 0.25) is 0 Å². The van der Waals surface area contributed by atoms with Gasteiger partial charge in [0.15, 0.2) is 0 Å². The van der Waals surface area contributed by atoms with Gasteiger partial charge in [0.2, 0.25) is 0 Å². The summed E-state index contributed by atoms with van der Waals surface area (Å²) in [5.74, 6) is -1.89. The van der Waals surface area contributed by atoms with Gasteiger partial charge in [0, 0.05) is 29.8 Å². The van der Waals surface area contributed by atoms with E-state index in [1.807, 2.05) is 20.8 Å². The van der Waals surface area contributed by atoms with Gasteiger partial charge in [0.1, 0.15) is 0 Å². The third-order valence-corrected chi connectivity index (χ3v) is 4.58. The van der Waals surface area contributed by atoms with Gasteiger partial charge in [-0.25, -0.2) is 0 Å². The molecule has 1 amide bonds. The molecule has 24 heavy (non-hydrogen) atoms. The monoisotopic (exact) mass is 334 g/mol. The van der Waals surface area contributed by atoms with E-state index in [1.165, 1.54) is 11.0 Å². The Bertz CT molecular complexity index is 693. The van der Waals surface area contributed by atoms with Gasteiger partial charge < -0.3 is 10.0 Å². The molecule has 1 N–H and O–H groups in total. The third-order valence-electron chi connectivity index (χ3n) is 4.58. The Morgan fingerprint density at radius 3 is 2.42 bits per heavy atom. The lowest BCUT2D eigenvalue weighted by Crippen LogP contribution is -2.37. The summed E-state index contributed by atoms with van der Waals surface area (Å²) in [7, 11) is 0.